The fourth-order valence-electron chi connectivity index (χ4n) is 2.42. The molecule has 2 heterocycles. The summed E-state index contributed by atoms with van der Waals surface area (Å²) in [5, 5.41) is 2.87. The molecule has 0 amide bonds. The van der Waals surface area contributed by atoms with Crippen LogP contribution in [0.4, 0.5) is 0 Å². The number of rotatable bonds is 6. The first-order valence-electron chi connectivity index (χ1n) is 7.66. The lowest BCUT2D eigenvalue weighted by Gasteiger charge is -2.11. The molecule has 0 saturated heterocycles. The summed E-state index contributed by atoms with van der Waals surface area (Å²) in [6.45, 7) is 1.44. The van der Waals surface area contributed by atoms with E-state index >= 15 is 0 Å². The first kappa shape index (κ1) is 17.2. The van der Waals surface area contributed by atoms with Crippen molar-refractivity contribution in [2.45, 2.75) is 0 Å². The van der Waals surface area contributed by atoms with Crippen LogP contribution < -0.4 is 15.2 Å². The highest BCUT2D eigenvalue weighted by Gasteiger charge is 2.17. The van der Waals surface area contributed by atoms with Gasteiger partial charge in [0.2, 0.25) is 10.7 Å². The predicted molar refractivity (Wildman–Crippen MR) is 97.0 cm³/mol. The van der Waals surface area contributed by atoms with Crippen LogP contribution in [0.25, 0.3) is 16.8 Å². The molecule has 2 N–H and O–H groups in total. The maximum Gasteiger partial charge on any atom is 0.348 e. The largest absolute Gasteiger partial charge is 0.492 e. The second kappa shape index (κ2) is 7.08. The third-order valence-electron chi connectivity index (χ3n) is 3.65. The smallest absolute Gasteiger partial charge is 0.348 e. The Bertz CT molecular complexity index is 988. The summed E-state index contributed by atoms with van der Waals surface area (Å²) in [5.41, 5.74) is 1.51. The molecule has 2 aromatic heterocycles. The quantitative estimate of drug-likeness (QED) is 0.650. The summed E-state index contributed by atoms with van der Waals surface area (Å²) in [4.78, 5) is 20.8. The maximum atomic E-state index is 12.0. The third kappa shape index (κ3) is 3.57. The van der Waals surface area contributed by atoms with Crippen molar-refractivity contribution < 1.29 is 9.47 Å². The zero-order chi connectivity index (χ0) is 18.0. The summed E-state index contributed by atoms with van der Waals surface area (Å²) in [6.07, 6.45) is 0. The topological polar surface area (TPSA) is 87.7 Å². The molecule has 0 radical (unpaired) electrons. The molecule has 0 aliphatic heterocycles. The number of H-pyrrole nitrogens is 2. The van der Waals surface area contributed by atoms with E-state index < -0.39 is 5.69 Å². The highest BCUT2D eigenvalue weighted by atomic mass is 32.1. The van der Waals surface area contributed by atoms with Crippen LogP contribution in [0.3, 0.4) is 0 Å². The third-order valence-corrected chi connectivity index (χ3v) is 3.85. The Balaban J connectivity index is 1.98. The molecular formula is C16H19N5O3S. The molecule has 0 aliphatic carbocycles. The molecule has 1 aromatic carbocycles. The van der Waals surface area contributed by atoms with E-state index in [0.717, 1.165) is 17.9 Å². The number of nitrogens with zero attached hydrogens (tertiary/aromatic N) is 3. The number of hydrogen-bond acceptors (Lipinski definition) is 6. The number of methoxy groups -OCH3 is 1. The van der Waals surface area contributed by atoms with Crippen molar-refractivity contribution in [3.63, 3.8) is 0 Å². The van der Waals surface area contributed by atoms with E-state index in [-0.39, 0.29) is 4.77 Å². The molecule has 0 bridgehead atoms. The van der Waals surface area contributed by atoms with Crippen LogP contribution in [0, 0.1) is 4.77 Å². The first-order chi connectivity index (χ1) is 12.0. The molecule has 8 nitrogen and oxygen atoms in total. The summed E-state index contributed by atoms with van der Waals surface area (Å²) in [7, 11) is 5.52. The van der Waals surface area contributed by atoms with Gasteiger partial charge in [0, 0.05) is 6.54 Å². The lowest BCUT2D eigenvalue weighted by Crippen LogP contribution is -2.19. The van der Waals surface area contributed by atoms with E-state index in [9.17, 15) is 4.79 Å². The Labute approximate surface area is 149 Å². The maximum absolute atomic E-state index is 12.0. The van der Waals surface area contributed by atoms with E-state index in [1.165, 1.54) is 11.6 Å². The zero-order valence-corrected chi connectivity index (χ0v) is 15.0. The summed E-state index contributed by atoms with van der Waals surface area (Å²) in [6, 6.07) is 7.52. The van der Waals surface area contributed by atoms with E-state index in [1.54, 1.807) is 0 Å². The van der Waals surface area contributed by atoms with E-state index in [2.05, 4.69) is 20.0 Å². The average molecular weight is 361 g/mol. The highest BCUT2D eigenvalue weighted by molar-refractivity contribution is 7.71. The van der Waals surface area contributed by atoms with Crippen molar-refractivity contribution in [3.05, 3.63) is 39.5 Å². The number of nitrogens with one attached hydrogen (secondary N) is 2. The second-order valence-corrected chi connectivity index (χ2v) is 6.09. The molecular weight excluding hydrogens is 342 g/mol. The number of likely N-dealkylation sites (N-methyl/N-ethyl adjacent to an activating group) is 1. The fourth-order valence-corrected chi connectivity index (χ4v) is 2.59. The Morgan fingerprint density at radius 2 is 2.00 bits per heavy atom. The van der Waals surface area contributed by atoms with Crippen LogP contribution >= 0.6 is 12.2 Å². The number of benzene rings is 1. The lowest BCUT2D eigenvalue weighted by molar-refractivity contribution is 0.261. The number of aromatic nitrogens is 4. The van der Waals surface area contributed by atoms with Gasteiger partial charge in [0.25, 0.3) is 0 Å². The van der Waals surface area contributed by atoms with Crippen LogP contribution in [0.2, 0.25) is 0 Å². The van der Waals surface area contributed by atoms with Crippen molar-refractivity contribution in [2.24, 2.45) is 0 Å². The number of fused-ring (bicyclic) bond motifs is 1. The van der Waals surface area contributed by atoms with Gasteiger partial charge in [-0.25, -0.2) is 4.79 Å². The minimum Gasteiger partial charge on any atom is -0.492 e. The average Bonchev–Trinajstić information content (AvgIpc) is 2.94. The van der Waals surface area contributed by atoms with Gasteiger partial charge in [-0.1, -0.05) is 12.1 Å². The van der Waals surface area contributed by atoms with E-state index in [0.29, 0.717) is 23.7 Å². The summed E-state index contributed by atoms with van der Waals surface area (Å²) < 4.78 is 12.5. The molecule has 3 rings (SSSR count). The van der Waals surface area contributed by atoms with Gasteiger partial charge >= 0.3 is 5.69 Å². The van der Waals surface area contributed by atoms with E-state index in [4.69, 9.17) is 21.7 Å². The molecule has 0 fully saturated rings. The summed E-state index contributed by atoms with van der Waals surface area (Å²) in [5.74, 6) is 1.20. The van der Waals surface area contributed by atoms with Gasteiger partial charge in [-0.05, 0) is 44.0 Å². The van der Waals surface area contributed by atoms with Crippen molar-refractivity contribution in [2.75, 3.05) is 34.4 Å². The molecule has 0 unspecified atom stereocenters. The van der Waals surface area contributed by atoms with Gasteiger partial charge in [0.1, 0.15) is 12.4 Å². The molecule has 0 aliphatic rings. The Morgan fingerprint density at radius 1 is 1.28 bits per heavy atom. The molecule has 25 heavy (non-hydrogen) atoms. The molecule has 0 atom stereocenters. The molecule has 0 spiro atoms. The Morgan fingerprint density at radius 3 is 2.64 bits per heavy atom. The standard InChI is InChI=1S/C16H19N5O3S/c1-20(2)8-9-24-11-6-4-10(5-7-11)12-13-17-15(25)18-16(22)21(13)19-14(12)23-3/h4-7,19H,8-9H2,1-3H3,(H,18,22,25). The summed E-state index contributed by atoms with van der Waals surface area (Å²) >= 11 is 5.01. The van der Waals surface area contributed by atoms with E-state index in [1.807, 2.05) is 38.4 Å². The molecule has 9 heteroatoms. The van der Waals surface area contributed by atoms with Gasteiger partial charge in [0.15, 0.2) is 5.65 Å². The van der Waals surface area contributed by atoms with Crippen LogP contribution in [0.15, 0.2) is 29.1 Å². The van der Waals surface area contributed by atoms with Gasteiger partial charge < -0.3 is 14.4 Å². The minimum atomic E-state index is -0.400. The van der Waals surface area contributed by atoms with Crippen LogP contribution in [-0.4, -0.2) is 58.8 Å². The van der Waals surface area contributed by atoms with Gasteiger partial charge in [0.05, 0.1) is 12.7 Å². The Hall–Kier alpha value is -2.65. The molecule has 3 aromatic rings. The number of ether oxygens (including phenoxy) is 2. The molecule has 0 saturated carbocycles. The van der Waals surface area contributed by atoms with Crippen molar-refractivity contribution >= 4 is 17.9 Å². The Kier molecular flexibility index (Phi) is 4.86. The fraction of sp³-hybridized carbons (Fsp3) is 0.312. The normalized spacial score (nSPS) is 11.2. The predicted octanol–water partition coefficient (Wildman–Crippen LogP) is 1.70. The minimum absolute atomic E-state index is 0.122. The zero-order valence-electron chi connectivity index (χ0n) is 14.2. The van der Waals surface area contributed by atoms with Crippen molar-refractivity contribution in [3.8, 4) is 22.8 Å². The van der Waals surface area contributed by atoms with Crippen molar-refractivity contribution in [1.29, 1.82) is 0 Å². The van der Waals surface area contributed by atoms with Gasteiger partial charge in [-0.3, -0.25) is 10.1 Å². The lowest BCUT2D eigenvalue weighted by atomic mass is 10.1. The van der Waals surface area contributed by atoms with Gasteiger partial charge in [-0.2, -0.15) is 9.50 Å². The number of aromatic amines is 2. The highest BCUT2D eigenvalue weighted by Crippen LogP contribution is 2.32. The first-order valence-corrected chi connectivity index (χ1v) is 8.07. The van der Waals surface area contributed by atoms with Crippen LogP contribution in [0.5, 0.6) is 11.6 Å². The second-order valence-electron chi connectivity index (χ2n) is 5.70. The van der Waals surface area contributed by atoms with Gasteiger partial charge in [-0.15, -0.1) is 0 Å². The number of hydrogen-bond donors (Lipinski definition) is 2. The SMILES string of the molecule is COc1[nH]n2c(=O)[nH]c(=S)nc2c1-c1ccc(OCCN(C)C)cc1. The van der Waals surface area contributed by atoms with Crippen LogP contribution in [0.1, 0.15) is 0 Å². The van der Waals surface area contributed by atoms with Crippen LogP contribution in [-0.2, 0) is 0 Å². The van der Waals surface area contributed by atoms with Crippen molar-refractivity contribution in [1.82, 2.24) is 24.5 Å². The molecule has 132 valence electrons. The monoisotopic (exact) mass is 361 g/mol.